The van der Waals surface area contributed by atoms with Crippen molar-refractivity contribution in [3.8, 4) is 11.3 Å². The number of nitrogens with one attached hydrogen (secondary N) is 1. The molecule has 5 rings (SSSR count). The highest BCUT2D eigenvalue weighted by atomic mass is 16.1. The Kier molecular flexibility index (Phi) is 6.45. The van der Waals surface area contributed by atoms with Crippen molar-refractivity contribution in [2.45, 2.75) is 130 Å². The molecule has 0 aliphatic heterocycles. The first-order valence-corrected chi connectivity index (χ1v) is 14.5. The van der Waals surface area contributed by atoms with Crippen LogP contribution in [0, 0.1) is 18.3 Å². The lowest BCUT2D eigenvalue weighted by Gasteiger charge is -2.42. The monoisotopic (exact) mass is 488 g/mol. The molecule has 196 valence electrons. The molecule has 0 atom stereocenters. The molecule has 3 heteroatoms. The zero-order chi connectivity index (χ0) is 25.9. The number of rotatable bonds is 6. The molecule has 3 saturated carbocycles. The highest BCUT2D eigenvalue weighted by Crippen LogP contribution is 2.49. The summed E-state index contributed by atoms with van der Waals surface area (Å²) < 4.78 is 2.50. The lowest BCUT2D eigenvalue weighted by atomic mass is 9.68. The third-order valence-electron chi connectivity index (χ3n) is 9.50. The van der Waals surface area contributed by atoms with Gasteiger partial charge < -0.3 is 9.88 Å². The first kappa shape index (κ1) is 25.6. The van der Waals surface area contributed by atoms with E-state index in [0.29, 0.717) is 22.8 Å². The Morgan fingerprint density at radius 1 is 1.00 bits per heavy atom. The van der Waals surface area contributed by atoms with Gasteiger partial charge in [0.15, 0.2) is 0 Å². The molecule has 3 aliphatic rings. The number of amides is 1. The van der Waals surface area contributed by atoms with Crippen molar-refractivity contribution in [2.75, 3.05) is 0 Å². The molecule has 0 bridgehead atoms. The van der Waals surface area contributed by atoms with Crippen LogP contribution in [0.1, 0.15) is 127 Å². The summed E-state index contributed by atoms with van der Waals surface area (Å²) in [5.41, 5.74) is 8.13. The second kappa shape index (κ2) is 9.07. The Hall–Kier alpha value is -2.03. The van der Waals surface area contributed by atoms with Crippen LogP contribution in [0.3, 0.4) is 0 Å². The lowest BCUT2D eigenvalue weighted by Crippen LogP contribution is -2.48. The number of hydrogen-bond acceptors (Lipinski definition) is 1. The summed E-state index contributed by atoms with van der Waals surface area (Å²) in [6, 6.07) is 9.80. The second-order valence-corrected chi connectivity index (χ2v) is 14.5. The summed E-state index contributed by atoms with van der Waals surface area (Å²) in [6.07, 6.45) is 11.4. The Bertz CT molecular complexity index is 1100. The van der Waals surface area contributed by atoms with Gasteiger partial charge in [-0.3, -0.25) is 4.79 Å². The van der Waals surface area contributed by atoms with Gasteiger partial charge in [-0.05, 0) is 103 Å². The maximum atomic E-state index is 13.5. The summed E-state index contributed by atoms with van der Waals surface area (Å²) in [7, 11) is 0. The van der Waals surface area contributed by atoms with E-state index in [9.17, 15) is 4.79 Å². The third-order valence-corrected chi connectivity index (χ3v) is 9.50. The summed E-state index contributed by atoms with van der Waals surface area (Å²) in [5.74, 6) is 0.816. The van der Waals surface area contributed by atoms with Crippen molar-refractivity contribution in [2.24, 2.45) is 11.3 Å². The highest BCUT2D eigenvalue weighted by Gasteiger charge is 2.40. The number of aromatic nitrogens is 1. The van der Waals surface area contributed by atoms with Crippen molar-refractivity contribution in [3.05, 3.63) is 46.6 Å². The van der Waals surface area contributed by atoms with Gasteiger partial charge in [-0.15, -0.1) is 0 Å². The minimum absolute atomic E-state index is 0.0864. The summed E-state index contributed by atoms with van der Waals surface area (Å²) >= 11 is 0. The first-order chi connectivity index (χ1) is 16.8. The maximum absolute atomic E-state index is 13.5. The first-order valence-electron chi connectivity index (χ1n) is 14.5. The fraction of sp³-hybridized carbons (Fsp3) is 0.667. The molecule has 3 fully saturated rings. The van der Waals surface area contributed by atoms with Crippen LogP contribution < -0.4 is 5.32 Å². The largest absolute Gasteiger partial charge is 0.349 e. The van der Waals surface area contributed by atoms with Gasteiger partial charge in [-0.25, -0.2) is 0 Å². The Labute approximate surface area is 219 Å². The van der Waals surface area contributed by atoms with E-state index in [-0.39, 0.29) is 11.3 Å². The summed E-state index contributed by atoms with van der Waals surface area (Å²) in [4.78, 5) is 13.5. The molecule has 0 unspecified atom stereocenters. The molecule has 1 aromatic carbocycles. The minimum Gasteiger partial charge on any atom is -0.349 e. The molecule has 3 aliphatic carbocycles. The molecular weight excluding hydrogens is 440 g/mol. The smallest absolute Gasteiger partial charge is 0.253 e. The summed E-state index contributed by atoms with van der Waals surface area (Å²) in [5, 5.41) is 3.35. The molecule has 0 radical (unpaired) electrons. The zero-order valence-corrected chi connectivity index (χ0v) is 23.9. The van der Waals surface area contributed by atoms with E-state index >= 15 is 0 Å². The molecule has 0 spiro atoms. The zero-order valence-electron chi connectivity index (χ0n) is 23.9. The van der Waals surface area contributed by atoms with Gasteiger partial charge in [0.25, 0.3) is 5.91 Å². The second-order valence-electron chi connectivity index (χ2n) is 14.5. The van der Waals surface area contributed by atoms with E-state index in [1.165, 1.54) is 67.3 Å². The van der Waals surface area contributed by atoms with Gasteiger partial charge in [0.1, 0.15) is 0 Å². The van der Waals surface area contributed by atoms with Gasteiger partial charge in [0.05, 0.1) is 5.56 Å². The molecule has 1 heterocycles. The lowest BCUT2D eigenvalue weighted by molar-refractivity contribution is 0.0802. The predicted molar refractivity (Wildman–Crippen MR) is 151 cm³/mol. The van der Waals surface area contributed by atoms with Crippen molar-refractivity contribution in [1.29, 1.82) is 0 Å². The van der Waals surface area contributed by atoms with Crippen LogP contribution in [0.5, 0.6) is 0 Å². The molecular formula is C33H48N2O. The molecule has 2 aromatic rings. The van der Waals surface area contributed by atoms with E-state index in [4.69, 9.17) is 0 Å². The van der Waals surface area contributed by atoms with Crippen molar-refractivity contribution in [3.63, 3.8) is 0 Å². The SMILES string of the molecule is Cc1c(C(=O)NC2CC(C)(C)C2)cc(-c2cc(C(C)(C)C)cc(C3(C)CC3)c2)n1CC1CCCCC1. The number of nitrogens with zero attached hydrogens (tertiary/aromatic N) is 1. The number of hydrogen-bond donors (Lipinski definition) is 1. The summed E-state index contributed by atoms with van der Waals surface area (Å²) in [6.45, 7) is 17.1. The molecule has 1 amide bonds. The molecule has 1 N–H and O–H groups in total. The number of benzene rings is 1. The van der Waals surface area contributed by atoms with Gasteiger partial charge >= 0.3 is 0 Å². The van der Waals surface area contributed by atoms with Crippen LogP contribution in [0.2, 0.25) is 0 Å². The van der Waals surface area contributed by atoms with E-state index in [1.807, 2.05) is 0 Å². The quantitative estimate of drug-likeness (QED) is 0.436. The molecule has 3 nitrogen and oxygen atoms in total. The molecule has 0 saturated heterocycles. The highest BCUT2D eigenvalue weighted by molar-refractivity contribution is 5.97. The van der Waals surface area contributed by atoms with Crippen LogP contribution in [-0.2, 0) is 17.4 Å². The number of carbonyl (C=O) groups excluding carboxylic acids is 1. The van der Waals surface area contributed by atoms with E-state index < -0.39 is 0 Å². The Morgan fingerprint density at radius 3 is 2.25 bits per heavy atom. The van der Waals surface area contributed by atoms with Gasteiger partial charge in [0.2, 0.25) is 0 Å². The van der Waals surface area contributed by atoms with Crippen LogP contribution in [0.25, 0.3) is 11.3 Å². The van der Waals surface area contributed by atoms with E-state index in [0.717, 1.165) is 30.6 Å². The van der Waals surface area contributed by atoms with Crippen molar-refractivity contribution in [1.82, 2.24) is 9.88 Å². The van der Waals surface area contributed by atoms with Crippen LogP contribution in [0.15, 0.2) is 24.3 Å². The van der Waals surface area contributed by atoms with Gasteiger partial charge in [-0.1, -0.05) is 66.9 Å². The van der Waals surface area contributed by atoms with Crippen molar-refractivity contribution >= 4 is 5.91 Å². The van der Waals surface area contributed by atoms with Crippen molar-refractivity contribution < 1.29 is 4.79 Å². The van der Waals surface area contributed by atoms with Crippen LogP contribution in [-0.4, -0.2) is 16.5 Å². The Morgan fingerprint density at radius 2 is 1.67 bits per heavy atom. The molecule has 36 heavy (non-hydrogen) atoms. The van der Waals surface area contributed by atoms with Crippen LogP contribution >= 0.6 is 0 Å². The predicted octanol–water partition coefficient (Wildman–Crippen LogP) is 8.31. The topological polar surface area (TPSA) is 34.0 Å². The van der Waals surface area contributed by atoms with E-state index in [2.05, 4.69) is 82.6 Å². The Balaban J connectivity index is 1.55. The van der Waals surface area contributed by atoms with Crippen LogP contribution in [0.4, 0.5) is 0 Å². The minimum atomic E-state index is 0.0864. The third kappa shape index (κ3) is 5.18. The van der Waals surface area contributed by atoms with Gasteiger partial charge in [-0.2, -0.15) is 0 Å². The average molecular weight is 489 g/mol. The maximum Gasteiger partial charge on any atom is 0.253 e. The fourth-order valence-corrected chi connectivity index (χ4v) is 6.65. The normalized spacial score (nSPS) is 21.8. The van der Waals surface area contributed by atoms with Gasteiger partial charge in [0, 0.05) is 24.0 Å². The standard InChI is InChI=1S/C33H48N2O/c1-22-28(30(36)34-27-19-32(5,6)20-27)18-29(35(22)21-23-11-9-8-10-12-23)24-15-25(31(2,3)4)17-26(16-24)33(7)13-14-33/h15-18,23,27H,8-14,19-21H2,1-7H3,(H,34,36). The number of carbonyl (C=O) groups is 1. The average Bonchev–Trinajstić information content (AvgIpc) is 3.47. The fourth-order valence-electron chi connectivity index (χ4n) is 6.65. The molecule has 1 aromatic heterocycles. The van der Waals surface area contributed by atoms with E-state index in [1.54, 1.807) is 0 Å².